The van der Waals surface area contributed by atoms with Crippen molar-refractivity contribution in [2.24, 2.45) is 0 Å². The Morgan fingerprint density at radius 3 is 2.50 bits per heavy atom. The van der Waals surface area contributed by atoms with Crippen LogP contribution in [0.15, 0.2) is 72.9 Å². The van der Waals surface area contributed by atoms with Gasteiger partial charge in [-0.1, -0.05) is 48.0 Å². The molecule has 2 N–H and O–H groups in total. The summed E-state index contributed by atoms with van der Waals surface area (Å²) in [6.07, 6.45) is 4.49. The number of aromatic nitrogens is 1. The zero-order chi connectivity index (χ0) is 28.1. The molecule has 0 aliphatic heterocycles. The lowest BCUT2D eigenvalue weighted by molar-refractivity contribution is -0.132. The first-order chi connectivity index (χ1) is 19.4. The minimum absolute atomic E-state index is 0.00865. The van der Waals surface area contributed by atoms with Crippen molar-refractivity contribution >= 4 is 28.5 Å². The van der Waals surface area contributed by atoms with Gasteiger partial charge in [-0.25, -0.2) is 4.79 Å². The van der Waals surface area contributed by atoms with Gasteiger partial charge in [-0.3, -0.25) is 4.79 Å². The molecular weight excluding hydrogens is 504 g/mol. The van der Waals surface area contributed by atoms with Gasteiger partial charge in [-0.2, -0.15) is 0 Å². The molecule has 1 aromatic heterocycles. The van der Waals surface area contributed by atoms with Crippen LogP contribution in [0.3, 0.4) is 0 Å². The topological polar surface area (TPSA) is 86.9 Å². The third-order valence-corrected chi connectivity index (χ3v) is 7.38. The van der Waals surface area contributed by atoms with Gasteiger partial charge in [-0.05, 0) is 55.5 Å². The van der Waals surface area contributed by atoms with Gasteiger partial charge in [0.25, 0.3) is 0 Å². The maximum absolute atomic E-state index is 13.8. The lowest BCUT2D eigenvalue weighted by Gasteiger charge is -2.28. The Labute approximate surface area is 234 Å². The van der Waals surface area contributed by atoms with E-state index in [1.807, 2.05) is 30.2 Å². The van der Waals surface area contributed by atoms with E-state index in [1.165, 1.54) is 11.1 Å². The average Bonchev–Trinajstić information content (AvgIpc) is 3.74. The molecule has 3 amide bonds. The first kappa shape index (κ1) is 27.1. The minimum atomic E-state index is -0.314. The fourth-order valence-electron chi connectivity index (χ4n) is 4.89. The number of carbonyl (C=O) groups excluding carboxylic acids is 2. The molecule has 5 rings (SSSR count). The van der Waals surface area contributed by atoms with Crippen LogP contribution in [-0.4, -0.2) is 60.1 Å². The molecule has 1 heterocycles. The van der Waals surface area contributed by atoms with Crippen LogP contribution in [0.25, 0.3) is 10.9 Å². The minimum Gasteiger partial charge on any atom is -0.497 e. The van der Waals surface area contributed by atoms with Gasteiger partial charge in [0.2, 0.25) is 5.91 Å². The fourth-order valence-corrected chi connectivity index (χ4v) is 4.89. The number of urea groups is 1. The molecule has 0 bridgehead atoms. The Kier molecular flexibility index (Phi) is 8.24. The number of ether oxygens (including phenoxy) is 2. The lowest BCUT2D eigenvalue weighted by atomic mass is 10.1. The number of para-hydroxylation sites is 1. The van der Waals surface area contributed by atoms with Gasteiger partial charge in [0.1, 0.15) is 18.0 Å². The molecule has 208 valence electrons. The number of benzene rings is 3. The number of H-pyrrole nitrogens is 1. The van der Waals surface area contributed by atoms with Crippen LogP contribution in [0, 0.1) is 6.92 Å². The predicted octanol–water partition coefficient (Wildman–Crippen LogP) is 5.76. The Hall–Kier alpha value is -4.46. The van der Waals surface area contributed by atoms with Crippen molar-refractivity contribution in [2.75, 3.05) is 32.6 Å². The van der Waals surface area contributed by atoms with Crippen molar-refractivity contribution in [2.45, 2.75) is 38.8 Å². The summed E-state index contributed by atoms with van der Waals surface area (Å²) in [7, 11) is 3.12. The summed E-state index contributed by atoms with van der Waals surface area (Å²) in [6, 6.07) is 21.4. The maximum Gasteiger partial charge on any atom is 0.322 e. The Morgan fingerprint density at radius 2 is 1.77 bits per heavy atom. The van der Waals surface area contributed by atoms with E-state index in [0.717, 1.165) is 29.3 Å². The highest BCUT2D eigenvalue weighted by Crippen LogP contribution is 2.32. The zero-order valence-electron chi connectivity index (χ0n) is 23.3. The Morgan fingerprint density at radius 1 is 1.00 bits per heavy atom. The largest absolute Gasteiger partial charge is 0.497 e. The van der Waals surface area contributed by atoms with Crippen LogP contribution in [0.4, 0.5) is 10.5 Å². The second-order valence-electron chi connectivity index (χ2n) is 10.3. The van der Waals surface area contributed by atoms with Gasteiger partial charge in [0, 0.05) is 42.3 Å². The van der Waals surface area contributed by atoms with Crippen molar-refractivity contribution in [3.8, 4) is 11.5 Å². The quantitative estimate of drug-likeness (QED) is 0.253. The highest BCUT2D eigenvalue weighted by Gasteiger charge is 2.35. The number of fused-ring (bicyclic) bond motifs is 1. The molecule has 0 saturated heterocycles. The average molecular weight is 541 g/mol. The first-order valence-electron chi connectivity index (χ1n) is 13.6. The van der Waals surface area contributed by atoms with Gasteiger partial charge < -0.3 is 29.6 Å². The molecule has 8 heteroatoms. The van der Waals surface area contributed by atoms with Crippen LogP contribution in [0.1, 0.15) is 29.5 Å². The van der Waals surface area contributed by atoms with Crippen molar-refractivity contribution in [1.82, 2.24) is 14.8 Å². The number of nitrogens with one attached hydrogen (secondary N) is 2. The normalized spacial score (nSPS) is 12.7. The number of amides is 3. The highest BCUT2D eigenvalue weighted by molar-refractivity contribution is 5.94. The van der Waals surface area contributed by atoms with E-state index in [2.05, 4.69) is 46.7 Å². The lowest BCUT2D eigenvalue weighted by Crippen LogP contribution is -2.45. The van der Waals surface area contributed by atoms with E-state index < -0.39 is 0 Å². The van der Waals surface area contributed by atoms with Gasteiger partial charge >= 0.3 is 6.03 Å². The third kappa shape index (κ3) is 6.39. The smallest absolute Gasteiger partial charge is 0.322 e. The second-order valence-corrected chi connectivity index (χ2v) is 10.3. The summed E-state index contributed by atoms with van der Waals surface area (Å²) >= 11 is 0. The zero-order valence-corrected chi connectivity index (χ0v) is 23.3. The van der Waals surface area contributed by atoms with Crippen molar-refractivity contribution in [1.29, 1.82) is 0 Å². The predicted molar refractivity (Wildman–Crippen MR) is 157 cm³/mol. The van der Waals surface area contributed by atoms with Gasteiger partial charge in [0.05, 0.1) is 19.9 Å². The SMILES string of the molecule is COc1ccc(NC(=O)N(CC(=O)N(CCc2c[nH]c3ccccc23)Cc2ccc(C)cc2)C2CC2)c(OC)c1. The summed E-state index contributed by atoms with van der Waals surface area (Å²) in [4.78, 5) is 34.1. The summed E-state index contributed by atoms with van der Waals surface area (Å²) in [5, 5.41) is 4.10. The fraction of sp³-hybridized carbons (Fsp3) is 0.312. The van der Waals surface area contributed by atoms with E-state index in [0.29, 0.717) is 36.7 Å². The molecule has 1 aliphatic rings. The molecule has 0 atom stereocenters. The number of hydrogen-bond donors (Lipinski definition) is 2. The van der Waals surface area contributed by atoms with Crippen LogP contribution in [-0.2, 0) is 17.8 Å². The number of rotatable bonds is 11. The van der Waals surface area contributed by atoms with Crippen molar-refractivity contribution in [3.63, 3.8) is 0 Å². The number of hydrogen-bond acceptors (Lipinski definition) is 4. The summed E-state index contributed by atoms with van der Waals surface area (Å²) in [5.74, 6) is 1.05. The Balaban J connectivity index is 1.32. The summed E-state index contributed by atoms with van der Waals surface area (Å²) < 4.78 is 10.7. The standard InChI is InChI=1S/C32H36N4O4/c1-22-8-10-23(11-9-22)20-35(17-16-24-19-33-28-7-5-4-6-27(24)28)31(37)21-36(25-12-13-25)32(38)34-29-15-14-26(39-2)18-30(29)40-3/h4-11,14-15,18-19,25,33H,12-13,16-17,20-21H2,1-3H3,(H,34,38). The number of aromatic amines is 1. The van der Waals surface area contributed by atoms with Gasteiger partial charge in [-0.15, -0.1) is 0 Å². The number of anilines is 1. The maximum atomic E-state index is 13.8. The molecule has 1 fully saturated rings. The molecule has 8 nitrogen and oxygen atoms in total. The van der Waals surface area contributed by atoms with Crippen LogP contribution in [0.2, 0.25) is 0 Å². The molecule has 40 heavy (non-hydrogen) atoms. The van der Waals surface area contributed by atoms with E-state index in [-0.39, 0.29) is 24.5 Å². The van der Waals surface area contributed by atoms with Crippen molar-refractivity contribution in [3.05, 3.63) is 89.6 Å². The van der Waals surface area contributed by atoms with Crippen LogP contribution >= 0.6 is 0 Å². The molecule has 0 spiro atoms. The van der Waals surface area contributed by atoms with E-state index in [9.17, 15) is 9.59 Å². The second kappa shape index (κ2) is 12.2. The monoisotopic (exact) mass is 540 g/mol. The molecule has 0 unspecified atom stereocenters. The first-order valence-corrected chi connectivity index (χ1v) is 13.6. The van der Waals surface area contributed by atoms with Crippen LogP contribution in [0.5, 0.6) is 11.5 Å². The van der Waals surface area contributed by atoms with E-state index >= 15 is 0 Å². The summed E-state index contributed by atoms with van der Waals surface area (Å²) in [6.45, 7) is 3.08. The molecule has 3 aromatic carbocycles. The van der Waals surface area contributed by atoms with E-state index in [4.69, 9.17) is 9.47 Å². The highest BCUT2D eigenvalue weighted by atomic mass is 16.5. The molecule has 0 radical (unpaired) electrons. The van der Waals surface area contributed by atoms with Crippen LogP contribution < -0.4 is 14.8 Å². The van der Waals surface area contributed by atoms with Crippen molar-refractivity contribution < 1.29 is 19.1 Å². The number of nitrogens with zero attached hydrogens (tertiary/aromatic N) is 2. The molecule has 1 saturated carbocycles. The molecule has 4 aromatic rings. The summed E-state index contributed by atoms with van der Waals surface area (Å²) in [5.41, 5.74) is 5.01. The number of methoxy groups -OCH3 is 2. The van der Waals surface area contributed by atoms with Gasteiger partial charge in [0.15, 0.2) is 0 Å². The van der Waals surface area contributed by atoms with E-state index in [1.54, 1.807) is 37.3 Å². The third-order valence-electron chi connectivity index (χ3n) is 7.38. The number of aryl methyl sites for hydroxylation is 1. The molecular formula is C32H36N4O4. The Bertz CT molecular complexity index is 1480. The molecule has 1 aliphatic carbocycles. The number of carbonyl (C=O) groups is 2.